The summed E-state index contributed by atoms with van der Waals surface area (Å²) in [7, 11) is -4.95. The van der Waals surface area contributed by atoms with Crippen LogP contribution in [0.15, 0.2) is 12.7 Å². The number of nitrogens with one attached hydrogen (secondary N) is 1. The molecule has 0 aliphatic carbocycles. The van der Waals surface area contributed by atoms with Gasteiger partial charge in [0, 0.05) is 0 Å². The molecule has 126 valence electrons. The molecule has 1 aliphatic heterocycles. The Kier molecular flexibility index (Phi) is 3.72. The van der Waals surface area contributed by atoms with E-state index in [-0.39, 0.29) is 16.7 Å². The van der Waals surface area contributed by atoms with E-state index in [1.54, 1.807) is 0 Å². The molecule has 13 nitrogen and oxygen atoms in total. The number of aliphatic hydroxyl groups excluding tert-OH is 2. The zero-order valence-electron chi connectivity index (χ0n) is 11.2. The lowest BCUT2D eigenvalue weighted by molar-refractivity contribution is -0.134. The van der Waals surface area contributed by atoms with E-state index in [0.29, 0.717) is 4.73 Å². The molecule has 0 amide bonds. The highest BCUT2D eigenvalue weighted by Gasteiger charge is 2.47. The highest BCUT2D eigenvalue weighted by atomic mass is 31.2. The van der Waals surface area contributed by atoms with Gasteiger partial charge < -0.3 is 29.9 Å². The van der Waals surface area contributed by atoms with Crippen LogP contribution in [0.1, 0.15) is 6.23 Å². The van der Waals surface area contributed by atoms with Gasteiger partial charge in [-0.05, 0) is 0 Å². The Balaban J connectivity index is 1.98. The van der Waals surface area contributed by atoms with Crippen LogP contribution in [-0.4, -0.2) is 63.0 Å². The normalized spacial score (nSPS) is 28.5. The zero-order valence-corrected chi connectivity index (χ0v) is 12.1. The molecule has 1 saturated heterocycles. The largest absolute Gasteiger partial charge is 0.472 e. The molecule has 3 rings (SSSR count). The number of aromatic nitrogens is 4. The van der Waals surface area contributed by atoms with Gasteiger partial charge in [0.05, 0.1) is 6.33 Å². The quantitative estimate of drug-likeness (QED) is 0.257. The number of phosphoric acid groups is 1. The van der Waals surface area contributed by atoms with Gasteiger partial charge in [-0.3, -0.25) is 14.5 Å². The highest BCUT2D eigenvalue weighted by molar-refractivity contribution is 7.46. The van der Waals surface area contributed by atoms with E-state index in [9.17, 15) is 20.0 Å². The first-order valence-corrected chi connectivity index (χ1v) is 7.65. The second kappa shape index (κ2) is 5.35. The van der Waals surface area contributed by atoms with Gasteiger partial charge in [0.1, 0.15) is 18.5 Å². The standard InChI is InChI=1S/C9H12N5O8P/c10-6-3-7(12-2-14(6)17)13(1-11-3)8-4(15)5(16)9(21-8)22-23(18,19)20/h1-2,4-5,8-10,15-17H,(H2,18,19,20). The lowest BCUT2D eigenvalue weighted by atomic mass is 10.2. The summed E-state index contributed by atoms with van der Waals surface area (Å²) < 4.78 is 21.8. The molecular formula is C9H12N5O8P. The third kappa shape index (κ3) is 2.74. The van der Waals surface area contributed by atoms with Crippen molar-refractivity contribution in [2.75, 3.05) is 0 Å². The second-order valence-electron chi connectivity index (χ2n) is 4.73. The van der Waals surface area contributed by atoms with E-state index in [1.165, 1.54) is 0 Å². The molecule has 23 heavy (non-hydrogen) atoms. The summed E-state index contributed by atoms with van der Waals surface area (Å²) in [5.41, 5.74) is -0.335. The molecule has 0 saturated carbocycles. The minimum absolute atomic E-state index is 0.0142. The number of phosphoric ester groups is 1. The van der Waals surface area contributed by atoms with Crippen molar-refractivity contribution in [2.45, 2.75) is 24.7 Å². The van der Waals surface area contributed by atoms with Crippen LogP contribution >= 0.6 is 7.82 Å². The minimum atomic E-state index is -4.95. The fourth-order valence-electron chi connectivity index (χ4n) is 2.19. The molecular weight excluding hydrogens is 337 g/mol. The van der Waals surface area contributed by atoms with Crippen LogP contribution in [-0.2, 0) is 13.8 Å². The average Bonchev–Trinajstić information content (AvgIpc) is 2.98. The number of imidazole rings is 1. The molecule has 14 heteroatoms. The summed E-state index contributed by atoms with van der Waals surface area (Å²) in [6.07, 6.45) is -4.35. The maximum absolute atomic E-state index is 10.8. The topological polar surface area (TPSA) is 196 Å². The van der Waals surface area contributed by atoms with Crippen molar-refractivity contribution in [1.29, 1.82) is 5.41 Å². The average molecular weight is 349 g/mol. The van der Waals surface area contributed by atoms with E-state index in [4.69, 9.17) is 19.9 Å². The number of hydrogen-bond acceptors (Lipinski definition) is 9. The van der Waals surface area contributed by atoms with Crippen LogP contribution in [0.2, 0.25) is 0 Å². The van der Waals surface area contributed by atoms with Crippen LogP contribution in [0, 0.1) is 5.41 Å². The molecule has 3 heterocycles. The van der Waals surface area contributed by atoms with Crippen molar-refractivity contribution < 1.29 is 39.0 Å². The molecule has 0 spiro atoms. The van der Waals surface area contributed by atoms with Gasteiger partial charge in [0.25, 0.3) is 0 Å². The molecule has 1 fully saturated rings. The fourth-order valence-corrected chi connectivity index (χ4v) is 2.64. The summed E-state index contributed by atoms with van der Waals surface area (Å²) >= 11 is 0. The van der Waals surface area contributed by atoms with Crippen LogP contribution in [0.3, 0.4) is 0 Å². The predicted molar refractivity (Wildman–Crippen MR) is 67.6 cm³/mol. The van der Waals surface area contributed by atoms with Gasteiger partial charge in [-0.15, -0.1) is 0 Å². The van der Waals surface area contributed by atoms with Crippen molar-refractivity contribution >= 4 is 19.0 Å². The number of ether oxygens (including phenoxy) is 1. The number of fused-ring (bicyclic) bond motifs is 1. The first kappa shape index (κ1) is 16.0. The summed E-state index contributed by atoms with van der Waals surface area (Å²) in [4.78, 5) is 25.2. The number of rotatable bonds is 3. The Bertz CT molecular complexity index is 844. The Hall–Kier alpha value is -1.86. The van der Waals surface area contributed by atoms with Gasteiger partial charge in [-0.25, -0.2) is 14.5 Å². The summed E-state index contributed by atoms with van der Waals surface area (Å²) in [6.45, 7) is 0. The highest BCUT2D eigenvalue weighted by Crippen LogP contribution is 2.43. The van der Waals surface area contributed by atoms with E-state index in [2.05, 4.69) is 14.5 Å². The van der Waals surface area contributed by atoms with Gasteiger partial charge in [-0.2, -0.15) is 4.73 Å². The lowest BCUT2D eigenvalue weighted by Gasteiger charge is -2.16. The summed E-state index contributed by atoms with van der Waals surface area (Å²) in [6, 6.07) is 0. The predicted octanol–water partition coefficient (Wildman–Crippen LogP) is -2.36. The SMILES string of the molecule is N=c1c2ncn(C3OC(OP(=O)(O)O)C(O)C3O)c2ncn1O. The van der Waals surface area contributed by atoms with E-state index in [1.807, 2.05) is 0 Å². The molecule has 2 aromatic heterocycles. The maximum Gasteiger partial charge on any atom is 0.472 e. The van der Waals surface area contributed by atoms with Crippen molar-refractivity contribution in [1.82, 2.24) is 19.3 Å². The molecule has 4 atom stereocenters. The fraction of sp³-hybridized carbons (Fsp3) is 0.444. The minimum Gasteiger partial charge on any atom is -0.425 e. The Morgan fingerprint density at radius 3 is 2.61 bits per heavy atom. The molecule has 0 aromatic carbocycles. The van der Waals surface area contributed by atoms with Gasteiger partial charge >= 0.3 is 7.82 Å². The summed E-state index contributed by atoms with van der Waals surface area (Å²) in [5, 5.41) is 36.8. The maximum atomic E-state index is 10.8. The number of aliphatic hydroxyl groups is 2. The van der Waals surface area contributed by atoms with Crippen LogP contribution in [0.5, 0.6) is 0 Å². The number of nitrogens with zero attached hydrogens (tertiary/aromatic N) is 4. The van der Waals surface area contributed by atoms with E-state index in [0.717, 1.165) is 17.2 Å². The molecule has 0 radical (unpaired) electrons. The zero-order chi connectivity index (χ0) is 16.9. The molecule has 0 bridgehead atoms. The molecule has 1 aliphatic rings. The molecule has 6 N–H and O–H groups in total. The first-order valence-electron chi connectivity index (χ1n) is 6.12. The third-order valence-electron chi connectivity index (χ3n) is 3.22. The lowest BCUT2D eigenvalue weighted by Crippen LogP contribution is -2.32. The molecule has 2 aromatic rings. The van der Waals surface area contributed by atoms with Crippen molar-refractivity contribution in [3.63, 3.8) is 0 Å². The van der Waals surface area contributed by atoms with Crippen LogP contribution < -0.4 is 5.49 Å². The van der Waals surface area contributed by atoms with E-state index < -0.39 is 32.5 Å². The van der Waals surface area contributed by atoms with Gasteiger partial charge in [-0.1, -0.05) is 0 Å². The molecule has 4 unspecified atom stereocenters. The van der Waals surface area contributed by atoms with Crippen molar-refractivity contribution in [2.24, 2.45) is 0 Å². The van der Waals surface area contributed by atoms with Crippen molar-refractivity contribution in [3.8, 4) is 0 Å². The number of hydrogen-bond donors (Lipinski definition) is 6. The smallest absolute Gasteiger partial charge is 0.425 e. The Labute approximate surface area is 126 Å². The monoisotopic (exact) mass is 349 g/mol. The Morgan fingerprint density at radius 2 is 1.96 bits per heavy atom. The van der Waals surface area contributed by atoms with Gasteiger partial charge in [0.15, 0.2) is 29.2 Å². The Morgan fingerprint density at radius 1 is 1.26 bits per heavy atom. The first-order chi connectivity index (χ1) is 10.7. The van der Waals surface area contributed by atoms with Crippen molar-refractivity contribution in [3.05, 3.63) is 18.1 Å². The van der Waals surface area contributed by atoms with Crippen LogP contribution in [0.25, 0.3) is 11.2 Å². The van der Waals surface area contributed by atoms with Crippen LogP contribution in [0.4, 0.5) is 0 Å². The third-order valence-corrected chi connectivity index (χ3v) is 3.70. The summed E-state index contributed by atoms with van der Waals surface area (Å²) in [5.74, 6) is 0. The second-order valence-corrected chi connectivity index (χ2v) is 5.93. The van der Waals surface area contributed by atoms with Gasteiger partial charge in [0.2, 0.25) is 0 Å². The van der Waals surface area contributed by atoms with E-state index >= 15 is 0 Å².